The molecule has 2 aromatic carbocycles. The minimum Gasteiger partial charge on any atom is -0.462 e. The molecule has 0 unspecified atom stereocenters. The van der Waals surface area contributed by atoms with E-state index in [9.17, 15) is 9.59 Å². The highest BCUT2D eigenvalue weighted by Crippen LogP contribution is 2.25. The van der Waals surface area contributed by atoms with Crippen molar-refractivity contribution in [2.24, 2.45) is 0 Å². The van der Waals surface area contributed by atoms with E-state index in [0.717, 1.165) is 16.7 Å². The van der Waals surface area contributed by atoms with Crippen molar-refractivity contribution in [3.63, 3.8) is 0 Å². The number of hydrogen-bond donors (Lipinski definition) is 0. The van der Waals surface area contributed by atoms with Crippen LogP contribution in [0.3, 0.4) is 0 Å². The van der Waals surface area contributed by atoms with E-state index in [1.807, 2.05) is 54.6 Å². The Morgan fingerprint density at radius 3 is 2.27 bits per heavy atom. The van der Waals surface area contributed by atoms with E-state index >= 15 is 0 Å². The Balaban J connectivity index is 2.50. The Labute approximate surface area is 130 Å². The Bertz CT molecular complexity index is 700. The molecule has 0 N–H and O–H groups in total. The summed E-state index contributed by atoms with van der Waals surface area (Å²) in [6, 6.07) is 17.5. The minimum atomic E-state index is -0.585. The minimum absolute atomic E-state index is 0.0604. The van der Waals surface area contributed by atoms with E-state index in [1.165, 1.54) is 6.92 Å². The monoisotopic (exact) mass is 294 g/mol. The molecule has 0 spiro atoms. The molecule has 0 amide bonds. The van der Waals surface area contributed by atoms with Crippen molar-refractivity contribution in [3.05, 3.63) is 65.7 Å². The molecule has 0 bridgehead atoms. The van der Waals surface area contributed by atoms with Gasteiger partial charge in [0.05, 0.1) is 6.61 Å². The average molecular weight is 294 g/mol. The molecule has 0 heterocycles. The molecule has 2 rings (SSSR count). The first-order valence-corrected chi connectivity index (χ1v) is 7.17. The third-order valence-electron chi connectivity index (χ3n) is 3.22. The van der Waals surface area contributed by atoms with Crippen LogP contribution >= 0.6 is 0 Å². The van der Waals surface area contributed by atoms with Crippen molar-refractivity contribution < 1.29 is 14.3 Å². The van der Waals surface area contributed by atoms with Gasteiger partial charge in [-0.2, -0.15) is 0 Å². The number of carbonyl (C=O) groups excluding carboxylic acids is 2. The van der Waals surface area contributed by atoms with Crippen LogP contribution in [0.2, 0.25) is 0 Å². The summed E-state index contributed by atoms with van der Waals surface area (Å²) in [7, 11) is 0. The van der Waals surface area contributed by atoms with Gasteiger partial charge in [0.25, 0.3) is 0 Å². The van der Waals surface area contributed by atoms with Crippen molar-refractivity contribution in [1.29, 1.82) is 0 Å². The number of esters is 1. The van der Waals surface area contributed by atoms with Crippen LogP contribution in [0.5, 0.6) is 0 Å². The lowest BCUT2D eigenvalue weighted by atomic mass is 9.97. The van der Waals surface area contributed by atoms with Crippen molar-refractivity contribution >= 4 is 17.8 Å². The fourth-order valence-electron chi connectivity index (χ4n) is 2.17. The Hall–Kier alpha value is -2.68. The number of carbonyl (C=O) groups is 2. The molecular formula is C19H18O3. The molecule has 0 saturated carbocycles. The van der Waals surface area contributed by atoms with Gasteiger partial charge in [-0.3, -0.25) is 4.79 Å². The van der Waals surface area contributed by atoms with Crippen LogP contribution in [0, 0.1) is 0 Å². The van der Waals surface area contributed by atoms with Crippen LogP contribution in [0.25, 0.3) is 17.2 Å². The van der Waals surface area contributed by atoms with Crippen LogP contribution in [-0.2, 0) is 14.3 Å². The lowest BCUT2D eigenvalue weighted by molar-refractivity contribution is -0.139. The van der Waals surface area contributed by atoms with E-state index < -0.39 is 5.97 Å². The second-order valence-electron chi connectivity index (χ2n) is 4.79. The van der Waals surface area contributed by atoms with Gasteiger partial charge in [0, 0.05) is 0 Å². The Kier molecular flexibility index (Phi) is 5.26. The van der Waals surface area contributed by atoms with E-state index in [2.05, 4.69) is 0 Å². The van der Waals surface area contributed by atoms with Gasteiger partial charge in [-0.15, -0.1) is 0 Å². The molecule has 0 radical (unpaired) electrons. The van der Waals surface area contributed by atoms with Gasteiger partial charge in [-0.05, 0) is 36.6 Å². The third kappa shape index (κ3) is 3.70. The summed E-state index contributed by atoms with van der Waals surface area (Å²) in [5, 5.41) is 0. The molecule has 0 fully saturated rings. The molecule has 2 aromatic rings. The zero-order valence-electron chi connectivity index (χ0n) is 12.7. The first kappa shape index (κ1) is 15.7. The standard InChI is InChI=1S/C19H18O3/c1-3-22-19(21)18(14(2)20)13-16-11-7-8-12-17(16)15-9-5-4-6-10-15/h4-13H,3H2,1-2H3/b18-13+. The second kappa shape index (κ2) is 7.36. The highest BCUT2D eigenvalue weighted by atomic mass is 16.5. The van der Waals surface area contributed by atoms with E-state index in [0.29, 0.717) is 0 Å². The molecular weight excluding hydrogens is 276 g/mol. The van der Waals surface area contributed by atoms with E-state index in [4.69, 9.17) is 4.74 Å². The summed E-state index contributed by atoms with van der Waals surface area (Å²) in [6.45, 7) is 3.32. The topological polar surface area (TPSA) is 43.4 Å². The zero-order valence-corrected chi connectivity index (χ0v) is 12.7. The predicted octanol–water partition coefficient (Wildman–Crippen LogP) is 3.89. The molecule has 112 valence electrons. The summed E-state index contributed by atoms with van der Waals surface area (Å²) < 4.78 is 4.96. The van der Waals surface area contributed by atoms with Crippen molar-refractivity contribution in [2.75, 3.05) is 6.61 Å². The number of Topliss-reactive ketones (excluding diaryl/α,β-unsaturated/α-hetero) is 1. The van der Waals surface area contributed by atoms with E-state index in [-0.39, 0.29) is 18.0 Å². The highest BCUT2D eigenvalue weighted by Gasteiger charge is 2.16. The van der Waals surface area contributed by atoms with Crippen LogP contribution in [-0.4, -0.2) is 18.4 Å². The van der Waals surface area contributed by atoms with Crippen LogP contribution in [0.15, 0.2) is 60.2 Å². The molecule has 0 aliphatic heterocycles. The van der Waals surface area contributed by atoms with Gasteiger partial charge >= 0.3 is 5.97 Å². The van der Waals surface area contributed by atoms with Crippen molar-refractivity contribution in [2.45, 2.75) is 13.8 Å². The first-order valence-electron chi connectivity index (χ1n) is 7.17. The van der Waals surface area contributed by atoms with Crippen molar-refractivity contribution in [3.8, 4) is 11.1 Å². The Morgan fingerprint density at radius 2 is 1.64 bits per heavy atom. The van der Waals surface area contributed by atoms with Gasteiger partial charge in [-0.1, -0.05) is 54.6 Å². The summed E-state index contributed by atoms with van der Waals surface area (Å²) >= 11 is 0. The summed E-state index contributed by atoms with van der Waals surface area (Å²) in [5.74, 6) is -0.890. The normalized spacial score (nSPS) is 11.1. The summed E-state index contributed by atoms with van der Waals surface area (Å²) in [4.78, 5) is 23.7. The molecule has 22 heavy (non-hydrogen) atoms. The van der Waals surface area contributed by atoms with Gasteiger partial charge in [0.15, 0.2) is 5.78 Å². The maximum absolute atomic E-state index is 11.9. The molecule has 3 heteroatoms. The number of rotatable bonds is 5. The first-order chi connectivity index (χ1) is 10.6. The lowest BCUT2D eigenvalue weighted by Gasteiger charge is -2.08. The maximum atomic E-state index is 11.9. The maximum Gasteiger partial charge on any atom is 0.341 e. The zero-order chi connectivity index (χ0) is 15.9. The molecule has 0 aliphatic carbocycles. The summed E-state index contributed by atoms with van der Waals surface area (Å²) in [6.07, 6.45) is 1.60. The number of benzene rings is 2. The van der Waals surface area contributed by atoms with E-state index in [1.54, 1.807) is 13.0 Å². The van der Waals surface area contributed by atoms with Gasteiger partial charge < -0.3 is 4.74 Å². The van der Waals surface area contributed by atoms with Crippen molar-refractivity contribution in [1.82, 2.24) is 0 Å². The molecule has 0 saturated heterocycles. The van der Waals surface area contributed by atoms with Crippen LogP contribution in [0.1, 0.15) is 19.4 Å². The summed E-state index contributed by atoms with van der Waals surface area (Å²) in [5.41, 5.74) is 2.87. The smallest absolute Gasteiger partial charge is 0.341 e. The number of hydrogen-bond acceptors (Lipinski definition) is 3. The quantitative estimate of drug-likeness (QED) is 0.364. The fourth-order valence-corrected chi connectivity index (χ4v) is 2.17. The third-order valence-corrected chi connectivity index (χ3v) is 3.22. The lowest BCUT2D eigenvalue weighted by Crippen LogP contribution is -2.13. The molecule has 0 aromatic heterocycles. The SMILES string of the molecule is CCOC(=O)/C(=C/c1ccccc1-c1ccccc1)C(C)=O. The Morgan fingerprint density at radius 1 is 1.00 bits per heavy atom. The van der Waals surface area contributed by atoms with Crippen LogP contribution < -0.4 is 0 Å². The average Bonchev–Trinajstić information content (AvgIpc) is 2.53. The fraction of sp³-hybridized carbons (Fsp3) is 0.158. The largest absolute Gasteiger partial charge is 0.462 e. The highest BCUT2D eigenvalue weighted by molar-refractivity contribution is 6.20. The second-order valence-corrected chi connectivity index (χ2v) is 4.79. The molecule has 3 nitrogen and oxygen atoms in total. The van der Waals surface area contributed by atoms with Crippen LogP contribution in [0.4, 0.5) is 0 Å². The number of ether oxygens (including phenoxy) is 1. The number of ketones is 1. The molecule has 0 aliphatic rings. The van der Waals surface area contributed by atoms with Gasteiger partial charge in [0.2, 0.25) is 0 Å². The molecule has 0 atom stereocenters. The predicted molar refractivity (Wildman–Crippen MR) is 87.2 cm³/mol. The van der Waals surface area contributed by atoms with Gasteiger partial charge in [-0.25, -0.2) is 4.79 Å². The van der Waals surface area contributed by atoms with Gasteiger partial charge in [0.1, 0.15) is 5.57 Å².